The number of aromatic nitrogens is 3. The molecule has 0 aliphatic rings. The summed E-state index contributed by atoms with van der Waals surface area (Å²) < 4.78 is 0. The molecule has 0 saturated carbocycles. The minimum Gasteiger partial charge on any atom is -0.338 e. The Morgan fingerprint density at radius 3 is 2.36 bits per heavy atom. The van der Waals surface area contributed by atoms with Crippen LogP contribution in [0.5, 0.6) is 0 Å². The lowest BCUT2D eigenvalue weighted by molar-refractivity contribution is 0.590. The van der Waals surface area contributed by atoms with Crippen molar-refractivity contribution in [3.8, 4) is 23.5 Å². The molecule has 1 aromatic carbocycles. The molecule has 0 atom stereocenters. The molecule has 3 nitrogen and oxygen atoms in total. The number of H-pyrrole nitrogens is 1. The molecule has 25 heavy (non-hydrogen) atoms. The number of aromatic amines is 1. The number of fused-ring (bicyclic) bond motifs is 3. The summed E-state index contributed by atoms with van der Waals surface area (Å²) in [5.74, 6) is 2.59. The van der Waals surface area contributed by atoms with Crippen LogP contribution in [0.4, 0.5) is 0 Å². The van der Waals surface area contributed by atoms with E-state index in [9.17, 15) is 0 Å². The Labute approximate surface area is 147 Å². The summed E-state index contributed by atoms with van der Waals surface area (Å²) in [7, 11) is 0. The number of nitrogens with zero attached hydrogens (tertiary/aromatic N) is 2. The molecule has 0 radical (unpaired) electrons. The molecule has 0 bridgehead atoms. The Bertz CT molecular complexity index is 1120. The maximum atomic E-state index is 5.49. The molecule has 3 heteroatoms. The number of terminal acetylenes is 1. The Morgan fingerprint density at radius 1 is 0.920 bits per heavy atom. The van der Waals surface area contributed by atoms with E-state index in [1.54, 1.807) is 6.20 Å². The second-order valence-corrected chi connectivity index (χ2v) is 7.33. The van der Waals surface area contributed by atoms with E-state index in [4.69, 9.17) is 6.42 Å². The zero-order valence-electron chi connectivity index (χ0n) is 14.6. The van der Waals surface area contributed by atoms with Gasteiger partial charge >= 0.3 is 0 Å². The first-order chi connectivity index (χ1) is 12.0. The van der Waals surface area contributed by atoms with Gasteiger partial charge in [0.15, 0.2) is 0 Å². The van der Waals surface area contributed by atoms with Gasteiger partial charge in [-0.2, -0.15) is 0 Å². The van der Waals surface area contributed by atoms with Crippen LogP contribution in [0.25, 0.3) is 33.1 Å². The average Bonchev–Trinajstić information content (AvgIpc) is 2.98. The van der Waals surface area contributed by atoms with Crippen LogP contribution in [0.3, 0.4) is 0 Å². The van der Waals surface area contributed by atoms with Crippen molar-refractivity contribution in [1.82, 2.24) is 15.0 Å². The average molecular weight is 325 g/mol. The summed E-state index contributed by atoms with van der Waals surface area (Å²) in [4.78, 5) is 12.1. The molecule has 4 aromatic rings. The van der Waals surface area contributed by atoms with Gasteiger partial charge in [-0.3, -0.25) is 0 Å². The zero-order valence-corrected chi connectivity index (χ0v) is 14.6. The summed E-state index contributed by atoms with van der Waals surface area (Å²) >= 11 is 0. The molecular weight excluding hydrogens is 306 g/mol. The van der Waals surface area contributed by atoms with Crippen LogP contribution in [0.1, 0.15) is 32.0 Å². The summed E-state index contributed by atoms with van der Waals surface area (Å²) in [6.07, 6.45) is 9.16. The third kappa shape index (κ3) is 2.66. The molecular formula is C22H19N3. The van der Waals surface area contributed by atoms with Crippen molar-refractivity contribution in [2.24, 2.45) is 0 Å². The van der Waals surface area contributed by atoms with Crippen LogP contribution in [0.2, 0.25) is 0 Å². The standard InChI is InChI=1S/C22H19N3/c1-5-17-11-18-19-10-15(12-24-21(19)25-20(18)13-23-17)14-6-8-16(9-7-14)22(2,3)4/h1,6-13H,2-4H3,(H,24,25). The van der Waals surface area contributed by atoms with Gasteiger partial charge in [0.05, 0.1) is 11.7 Å². The third-order valence-corrected chi connectivity index (χ3v) is 4.57. The largest absolute Gasteiger partial charge is 0.338 e. The SMILES string of the molecule is C#Cc1cc2c(cn1)[nH]c1ncc(-c3ccc(C(C)(C)C)cc3)cc12. The number of hydrogen-bond acceptors (Lipinski definition) is 2. The van der Waals surface area contributed by atoms with E-state index < -0.39 is 0 Å². The maximum absolute atomic E-state index is 5.49. The number of rotatable bonds is 1. The van der Waals surface area contributed by atoms with Crippen LogP contribution in [-0.2, 0) is 5.41 Å². The first-order valence-corrected chi connectivity index (χ1v) is 8.31. The normalized spacial score (nSPS) is 11.8. The first kappa shape index (κ1) is 15.4. The van der Waals surface area contributed by atoms with Gasteiger partial charge in [0, 0.05) is 22.5 Å². The van der Waals surface area contributed by atoms with Gasteiger partial charge in [0.2, 0.25) is 0 Å². The molecule has 1 N–H and O–H groups in total. The summed E-state index contributed by atoms with van der Waals surface area (Å²) in [6, 6.07) is 12.8. The van der Waals surface area contributed by atoms with Gasteiger partial charge < -0.3 is 4.98 Å². The zero-order chi connectivity index (χ0) is 17.6. The highest BCUT2D eigenvalue weighted by atomic mass is 14.9. The predicted molar refractivity (Wildman–Crippen MR) is 103 cm³/mol. The van der Waals surface area contributed by atoms with Crippen molar-refractivity contribution in [3.05, 3.63) is 60.0 Å². The second kappa shape index (κ2) is 5.46. The molecule has 0 aliphatic carbocycles. The van der Waals surface area contributed by atoms with E-state index in [-0.39, 0.29) is 5.41 Å². The molecule has 0 aliphatic heterocycles. The van der Waals surface area contributed by atoms with Crippen molar-refractivity contribution in [3.63, 3.8) is 0 Å². The Morgan fingerprint density at radius 2 is 1.68 bits per heavy atom. The van der Waals surface area contributed by atoms with E-state index in [0.29, 0.717) is 5.69 Å². The third-order valence-electron chi connectivity index (χ3n) is 4.57. The fraction of sp³-hybridized carbons (Fsp3) is 0.182. The van der Waals surface area contributed by atoms with Gasteiger partial charge in [-0.05, 0) is 28.7 Å². The molecule has 0 fully saturated rings. The van der Waals surface area contributed by atoms with Crippen molar-refractivity contribution < 1.29 is 0 Å². The molecule has 0 unspecified atom stereocenters. The molecule has 4 rings (SSSR count). The Kier molecular flexibility index (Phi) is 3.36. The lowest BCUT2D eigenvalue weighted by atomic mass is 9.86. The number of hydrogen-bond donors (Lipinski definition) is 1. The van der Waals surface area contributed by atoms with Gasteiger partial charge in [-0.25, -0.2) is 9.97 Å². The number of benzene rings is 1. The van der Waals surface area contributed by atoms with Gasteiger partial charge in [-0.1, -0.05) is 51.0 Å². The van der Waals surface area contributed by atoms with Crippen LogP contribution in [0, 0.1) is 12.3 Å². The van der Waals surface area contributed by atoms with Crippen LogP contribution < -0.4 is 0 Å². The van der Waals surface area contributed by atoms with Crippen molar-refractivity contribution in [2.45, 2.75) is 26.2 Å². The Hall–Kier alpha value is -3.12. The molecule has 3 aromatic heterocycles. The van der Waals surface area contributed by atoms with Gasteiger partial charge in [0.1, 0.15) is 11.3 Å². The topological polar surface area (TPSA) is 41.6 Å². The predicted octanol–water partition coefficient (Wildman–Crippen LogP) is 5.06. The first-order valence-electron chi connectivity index (χ1n) is 8.31. The lowest BCUT2D eigenvalue weighted by Crippen LogP contribution is -2.10. The van der Waals surface area contributed by atoms with Crippen molar-refractivity contribution in [1.29, 1.82) is 0 Å². The van der Waals surface area contributed by atoms with Crippen molar-refractivity contribution in [2.75, 3.05) is 0 Å². The van der Waals surface area contributed by atoms with Gasteiger partial charge in [-0.15, -0.1) is 6.42 Å². The molecule has 122 valence electrons. The monoisotopic (exact) mass is 325 g/mol. The number of pyridine rings is 2. The summed E-state index contributed by atoms with van der Waals surface area (Å²) in [6.45, 7) is 6.66. The lowest BCUT2D eigenvalue weighted by Gasteiger charge is -2.19. The molecule has 0 saturated heterocycles. The van der Waals surface area contributed by atoms with Crippen LogP contribution in [-0.4, -0.2) is 15.0 Å². The smallest absolute Gasteiger partial charge is 0.138 e. The van der Waals surface area contributed by atoms with E-state index in [1.807, 2.05) is 12.3 Å². The van der Waals surface area contributed by atoms with E-state index in [0.717, 1.165) is 33.1 Å². The van der Waals surface area contributed by atoms with Crippen molar-refractivity contribution >= 4 is 21.9 Å². The fourth-order valence-corrected chi connectivity index (χ4v) is 3.07. The van der Waals surface area contributed by atoms with E-state index in [1.165, 1.54) is 5.56 Å². The minimum atomic E-state index is 0.149. The fourth-order valence-electron chi connectivity index (χ4n) is 3.07. The highest BCUT2D eigenvalue weighted by Gasteiger charge is 2.13. The summed E-state index contributed by atoms with van der Waals surface area (Å²) in [5.41, 5.74) is 6.14. The van der Waals surface area contributed by atoms with E-state index in [2.05, 4.69) is 72.0 Å². The number of nitrogens with one attached hydrogen (secondary N) is 1. The quantitative estimate of drug-likeness (QED) is 0.497. The highest BCUT2D eigenvalue weighted by molar-refractivity contribution is 6.06. The van der Waals surface area contributed by atoms with Crippen LogP contribution in [0.15, 0.2) is 48.8 Å². The summed E-state index contributed by atoms with van der Waals surface area (Å²) in [5, 5.41) is 2.12. The molecule has 3 heterocycles. The molecule has 0 amide bonds. The highest BCUT2D eigenvalue weighted by Crippen LogP contribution is 2.30. The van der Waals surface area contributed by atoms with Gasteiger partial charge in [0.25, 0.3) is 0 Å². The van der Waals surface area contributed by atoms with E-state index >= 15 is 0 Å². The minimum absolute atomic E-state index is 0.149. The Balaban J connectivity index is 1.85. The maximum Gasteiger partial charge on any atom is 0.138 e. The van der Waals surface area contributed by atoms with Crippen LogP contribution >= 0.6 is 0 Å². The second-order valence-electron chi connectivity index (χ2n) is 7.33. The molecule has 0 spiro atoms.